The van der Waals surface area contributed by atoms with E-state index in [0.29, 0.717) is 11.1 Å². The molecule has 3 aromatic carbocycles. The van der Waals surface area contributed by atoms with Gasteiger partial charge in [0.15, 0.2) is 0 Å². The number of esters is 1. The highest BCUT2D eigenvalue weighted by molar-refractivity contribution is 5.93. The van der Waals surface area contributed by atoms with E-state index in [1.807, 2.05) is 13.8 Å². The van der Waals surface area contributed by atoms with E-state index in [9.17, 15) is 38.9 Å². The maximum absolute atomic E-state index is 13.8. The molecule has 0 saturated heterocycles. The monoisotopic (exact) mass is 774 g/mol. The zero-order valence-electron chi connectivity index (χ0n) is 32.2. The topological polar surface area (TPSA) is 224 Å². The van der Waals surface area contributed by atoms with Gasteiger partial charge in [-0.3, -0.25) is 29.3 Å². The molecule has 0 spiro atoms. The van der Waals surface area contributed by atoms with Gasteiger partial charge in [0, 0.05) is 25.0 Å². The average molecular weight is 775 g/mol. The fourth-order valence-corrected chi connectivity index (χ4v) is 5.27. The fraction of sp³-hybridized carbons (Fsp3) is 0.400. The zero-order chi connectivity index (χ0) is 41.3. The molecule has 0 bridgehead atoms. The van der Waals surface area contributed by atoms with E-state index in [1.165, 1.54) is 24.3 Å². The molecule has 300 valence electrons. The van der Waals surface area contributed by atoms with Gasteiger partial charge in [0.25, 0.3) is 5.69 Å². The summed E-state index contributed by atoms with van der Waals surface area (Å²) in [6, 6.07) is 19.9. The molecular weight excluding hydrogens is 724 g/mol. The van der Waals surface area contributed by atoms with Crippen LogP contribution in [0.4, 0.5) is 10.5 Å². The number of hydrogen-bond acceptors (Lipinski definition) is 10. The van der Waals surface area contributed by atoms with Crippen LogP contribution in [0.25, 0.3) is 0 Å². The minimum atomic E-state index is -1.18. The Balaban J connectivity index is 1.65. The van der Waals surface area contributed by atoms with Crippen LogP contribution >= 0.6 is 0 Å². The number of nitrogens with zero attached hydrogens (tertiary/aromatic N) is 1. The summed E-state index contributed by atoms with van der Waals surface area (Å²) in [6.07, 6.45) is -0.395. The molecule has 5 amide bonds. The summed E-state index contributed by atoms with van der Waals surface area (Å²) in [4.78, 5) is 88.6. The number of rotatable bonds is 19. The maximum Gasteiger partial charge on any atom is 0.408 e. The highest BCUT2D eigenvalue weighted by atomic mass is 16.6. The molecule has 16 heteroatoms. The number of hydrogen-bond donors (Lipinski definition) is 5. The van der Waals surface area contributed by atoms with Crippen LogP contribution in [0.15, 0.2) is 84.9 Å². The Morgan fingerprint density at radius 1 is 0.661 bits per heavy atom. The molecular formula is C40H50N6O10. The Morgan fingerprint density at radius 3 is 1.75 bits per heavy atom. The molecule has 0 aliphatic carbocycles. The first-order valence-corrected chi connectivity index (χ1v) is 18.1. The summed E-state index contributed by atoms with van der Waals surface area (Å²) in [5, 5.41) is 23.7. The largest absolute Gasteiger partial charge is 0.459 e. The third-order valence-corrected chi connectivity index (χ3v) is 7.93. The van der Waals surface area contributed by atoms with Gasteiger partial charge in [-0.15, -0.1) is 0 Å². The molecule has 0 saturated carbocycles. The first-order valence-electron chi connectivity index (χ1n) is 18.1. The molecule has 3 rings (SSSR count). The molecule has 0 heterocycles. The average Bonchev–Trinajstić information content (AvgIpc) is 3.14. The second kappa shape index (κ2) is 21.5. The number of nitro benzene ring substituents is 1. The van der Waals surface area contributed by atoms with E-state index >= 15 is 0 Å². The van der Waals surface area contributed by atoms with Gasteiger partial charge >= 0.3 is 12.1 Å². The molecule has 5 N–H and O–H groups in total. The van der Waals surface area contributed by atoms with Crippen molar-refractivity contribution in [3.8, 4) is 0 Å². The van der Waals surface area contributed by atoms with Gasteiger partial charge in [-0.1, -0.05) is 74.5 Å². The van der Waals surface area contributed by atoms with Gasteiger partial charge in [-0.25, -0.2) is 9.59 Å². The third kappa shape index (κ3) is 16.4. The summed E-state index contributed by atoms with van der Waals surface area (Å²) in [5.74, 6) is -3.46. The summed E-state index contributed by atoms with van der Waals surface area (Å²) >= 11 is 0. The number of ether oxygens (including phenoxy) is 2. The van der Waals surface area contributed by atoms with Crippen LogP contribution in [0.2, 0.25) is 0 Å². The van der Waals surface area contributed by atoms with Crippen LogP contribution < -0.4 is 26.6 Å². The van der Waals surface area contributed by atoms with Crippen LogP contribution in [0, 0.1) is 16.0 Å². The maximum atomic E-state index is 13.8. The van der Waals surface area contributed by atoms with Crippen molar-refractivity contribution >= 4 is 41.4 Å². The number of nitrogens with one attached hydrogen (secondary N) is 5. The highest BCUT2D eigenvalue weighted by Crippen LogP contribution is 2.14. The van der Waals surface area contributed by atoms with Crippen LogP contribution in [-0.2, 0) is 52.9 Å². The Morgan fingerprint density at radius 2 is 1.21 bits per heavy atom. The molecule has 0 fully saturated rings. The van der Waals surface area contributed by atoms with Gasteiger partial charge in [0.1, 0.15) is 30.3 Å². The number of nitro groups is 1. The lowest BCUT2D eigenvalue weighted by Crippen LogP contribution is -2.55. The van der Waals surface area contributed by atoms with E-state index in [4.69, 9.17) is 9.47 Å². The van der Waals surface area contributed by atoms with Gasteiger partial charge in [0.2, 0.25) is 23.6 Å². The number of carbonyl (C=O) groups is 6. The Kier molecular flexibility index (Phi) is 17.0. The van der Waals surface area contributed by atoms with Crippen molar-refractivity contribution < 1.29 is 43.2 Å². The zero-order valence-corrected chi connectivity index (χ0v) is 32.2. The Labute approximate surface area is 325 Å². The van der Waals surface area contributed by atoms with Crippen molar-refractivity contribution in [1.82, 2.24) is 26.6 Å². The molecule has 0 aliphatic rings. The van der Waals surface area contributed by atoms with Crippen LogP contribution in [0.1, 0.15) is 57.7 Å². The molecule has 0 radical (unpaired) electrons. The molecule has 56 heavy (non-hydrogen) atoms. The van der Waals surface area contributed by atoms with Crippen molar-refractivity contribution in [2.24, 2.45) is 5.92 Å². The van der Waals surface area contributed by atoms with Gasteiger partial charge < -0.3 is 36.1 Å². The number of carbonyl (C=O) groups excluding carboxylic acids is 6. The lowest BCUT2D eigenvalue weighted by Gasteiger charge is -2.24. The highest BCUT2D eigenvalue weighted by Gasteiger charge is 2.29. The van der Waals surface area contributed by atoms with E-state index in [-0.39, 0.29) is 37.5 Å². The van der Waals surface area contributed by atoms with Gasteiger partial charge in [-0.2, -0.15) is 0 Å². The molecule has 0 aliphatic heterocycles. The van der Waals surface area contributed by atoms with E-state index in [1.54, 1.807) is 81.4 Å². The molecule has 0 unspecified atom stereocenters. The summed E-state index contributed by atoms with van der Waals surface area (Å²) in [6.45, 7) is 7.57. The first kappa shape index (κ1) is 44.1. The van der Waals surface area contributed by atoms with Crippen molar-refractivity contribution in [1.29, 1.82) is 0 Å². The number of alkyl carbamates (subject to hydrolysis) is 1. The molecule has 3 atom stereocenters. The Hall–Kier alpha value is -6.32. The van der Waals surface area contributed by atoms with Crippen molar-refractivity contribution in [2.75, 3.05) is 13.1 Å². The second-order valence-electron chi connectivity index (χ2n) is 14.4. The van der Waals surface area contributed by atoms with Crippen LogP contribution in [0.5, 0.6) is 0 Å². The van der Waals surface area contributed by atoms with E-state index in [0.717, 1.165) is 5.56 Å². The minimum absolute atomic E-state index is 0.0286. The predicted molar refractivity (Wildman–Crippen MR) is 206 cm³/mol. The molecule has 0 aromatic heterocycles. The number of amides is 5. The van der Waals surface area contributed by atoms with Crippen LogP contribution in [-0.4, -0.2) is 77.4 Å². The normalized spacial score (nSPS) is 12.6. The van der Waals surface area contributed by atoms with Crippen molar-refractivity contribution in [2.45, 2.75) is 84.2 Å². The van der Waals surface area contributed by atoms with Crippen molar-refractivity contribution in [3.63, 3.8) is 0 Å². The van der Waals surface area contributed by atoms with Gasteiger partial charge in [-0.05, 0) is 61.9 Å². The fourth-order valence-electron chi connectivity index (χ4n) is 5.27. The Bertz CT molecular complexity index is 1800. The van der Waals surface area contributed by atoms with Crippen molar-refractivity contribution in [3.05, 3.63) is 112 Å². The standard InChI is InChI=1S/C40H50N6O10/c1-26(2)20-31(45-39(52)56-40(3,4)5)36(49)42-23-34(47)41-24-35(48)43-32(21-27-12-8-6-9-13-27)37(50)44-33(22-28-14-10-7-11-15-28)38(51)55-25-29-16-18-30(19-17-29)46(53)54/h6-19,26,31-33H,20-25H2,1-5H3,(H,41,47)(H,42,49)(H,43,48)(H,44,50)(H,45,52)/t31-,32+,33-/m0/s1. The quantitative estimate of drug-likeness (QED) is 0.0679. The summed E-state index contributed by atoms with van der Waals surface area (Å²) in [5.41, 5.74) is 1.03. The second-order valence-corrected chi connectivity index (χ2v) is 14.4. The predicted octanol–water partition coefficient (Wildman–Crippen LogP) is 3.26. The van der Waals surface area contributed by atoms with E-state index in [2.05, 4.69) is 26.6 Å². The van der Waals surface area contributed by atoms with E-state index < -0.39 is 77.4 Å². The first-order chi connectivity index (χ1) is 26.5. The van der Waals surface area contributed by atoms with Crippen LogP contribution in [0.3, 0.4) is 0 Å². The lowest BCUT2D eigenvalue weighted by atomic mass is 10.0. The third-order valence-electron chi connectivity index (χ3n) is 7.93. The van der Waals surface area contributed by atoms with Gasteiger partial charge in [0.05, 0.1) is 18.0 Å². The molecule has 3 aromatic rings. The number of benzene rings is 3. The summed E-state index contributed by atoms with van der Waals surface area (Å²) in [7, 11) is 0. The minimum Gasteiger partial charge on any atom is -0.459 e. The lowest BCUT2D eigenvalue weighted by molar-refractivity contribution is -0.384. The molecule has 16 nitrogen and oxygen atoms in total. The number of non-ortho nitro benzene ring substituents is 1. The summed E-state index contributed by atoms with van der Waals surface area (Å²) < 4.78 is 10.8. The SMILES string of the molecule is CC(C)C[C@H](NC(=O)OC(C)(C)C)C(=O)NCC(=O)NCC(=O)N[C@H](Cc1ccccc1)C(=O)N[C@@H](Cc1ccccc1)C(=O)OCc1ccc([N+](=O)[O-])cc1. The smallest absolute Gasteiger partial charge is 0.408 e.